The molecular formula is C15H12FIN2O. The number of carbonyl (C=O) groups is 1. The van der Waals surface area contributed by atoms with Gasteiger partial charge in [-0.25, -0.2) is 4.39 Å². The van der Waals surface area contributed by atoms with Crippen molar-refractivity contribution in [1.82, 2.24) is 0 Å². The summed E-state index contributed by atoms with van der Waals surface area (Å²) in [5.41, 5.74) is 2.30. The topological polar surface area (TPSA) is 32.3 Å². The second-order valence-corrected chi connectivity index (χ2v) is 5.73. The zero-order chi connectivity index (χ0) is 14.1. The summed E-state index contributed by atoms with van der Waals surface area (Å²) in [4.78, 5) is 13.7. The number of nitrogens with zero attached hydrogens (tertiary/aromatic N) is 1. The largest absolute Gasteiger partial charge is 0.339 e. The molecule has 1 aliphatic heterocycles. The highest BCUT2D eigenvalue weighted by Gasteiger charge is 2.22. The summed E-state index contributed by atoms with van der Waals surface area (Å²) < 4.78 is 14.4. The first kappa shape index (κ1) is 13.4. The number of rotatable bonds is 1. The molecule has 0 radical (unpaired) electrons. The summed E-state index contributed by atoms with van der Waals surface area (Å²) in [6, 6.07) is 12.8. The number of hydrogen-bond acceptors (Lipinski definition) is 2. The molecule has 1 aliphatic rings. The van der Waals surface area contributed by atoms with E-state index in [0.717, 1.165) is 5.69 Å². The normalized spacial score (nSPS) is 14.5. The van der Waals surface area contributed by atoms with Crippen molar-refractivity contribution in [1.29, 1.82) is 0 Å². The molecular weight excluding hydrogens is 370 g/mol. The average Bonchev–Trinajstić information content (AvgIpc) is 2.59. The van der Waals surface area contributed by atoms with Gasteiger partial charge in [-0.1, -0.05) is 18.2 Å². The Morgan fingerprint density at radius 1 is 1.20 bits per heavy atom. The van der Waals surface area contributed by atoms with Crippen LogP contribution in [0.5, 0.6) is 0 Å². The molecule has 2 aromatic rings. The minimum absolute atomic E-state index is 0.0490. The van der Waals surface area contributed by atoms with E-state index < -0.39 is 0 Å². The molecule has 1 amide bonds. The van der Waals surface area contributed by atoms with Crippen LogP contribution in [0.3, 0.4) is 0 Å². The number of para-hydroxylation sites is 1. The Bertz CT molecular complexity index is 660. The van der Waals surface area contributed by atoms with E-state index in [4.69, 9.17) is 0 Å². The van der Waals surface area contributed by atoms with Gasteiger partial charge in [0, 0.05) is 24.7 Å². The fourth-order valence-electron chi connectivity index (χ4n) is 2.28. The van der Waals surface area contributed by atoms with Crippen LogP contribution in [0.2, 0.25) is 0 Å². The molecule has 0 aliphatic carbocycles. The lowest BCUT2D eigenvalue weighted by Crippen LogP contribution is -2.18. The quantitative estimate of drug-likeness (QED) is 0.759. The van der Waals surface area contributed by atoms with Crippen molar-refractivity contribution in [3.63, 3.8) is 0 Å². The fourth-order valence-corrected chi connectivity index (χ4v) is 2.75. The zero-order valence-corrected chi connectivity index (χ0v) is 12.7. The van der Waals surface area contributed by atoms with E-state index in [9.17, 15) is 9.18 Å². The van der Waals surface area contributed by atoms with Crippen LogP contribution in [0, 0.1) is 9.39 Å². The molecule has 5 heteroatoms. The maximum Gasteiger partial charge on any atom is 0.226 e. The van der Waals surface area contributed by atoms with E-state index in [2.05, 4.69) is 5.32 Å². The first-order valence-electron chi connectivity index (χ1n) is 6.26. The third kappa shape index (κ3) is 2.49. The monoisotopic (exact) mass is 382 g/mol. The minimum Gasteiger partial charge on any atom is -0.339 e. The summed E-state index contributed by atoms with van der Waals surface area (Å²) in [6.07, 6.45) is 0.377. The Morgan fingerprint density at radius 2 is 1.95 bits per heavy atom. The molecule has 0 fully saturated rings. The van der Waals surface area contributed by atoms with Crippen molar-refractivity contribution in [2.24, 2.45) is 0 Å². The van der Waals surface area contributed by atoms with Crippen molar-refractivity contribution in [2.75, 3.05) is 16.8 Å². The highest BCUT2D eigenvalue weighted by Crippen LogP contribution is 2.36. The predicted octanol–water partition coefficient (Wildman–Crippen LogP) is 3.91. The van der Waals surface area contributed by atoms with Crippen LogP contribution in [-0.4, -0.2) is 12.5 Å². The highest BCUT2D eigenvalue weighted by atomic mass is 127. The van der Waals surface area contributed by atoms with Gasteiger partial charge in [0.15, 0.2) is 0 Å². The van der Waals surface area contributed by atoms with E-state index in [1.165, 1.54) is 6.07 Å². The molecule has 3 rings (SSSR count). The van der Waals surface area contributed by atoms with Crippen molar-refractivity contribution in [3.8, 4) is 0 Å². The Balaban J connectivity index is 2.14. The smallest absolute Gasteiger partial charge is 0.226 e. The maximum atomic E-state index is 13.9. The zero-order valence-electron chi connectivity index (χ0n) is 10.6. The van der Waals surface area contributed by atoms with Crippen LogP contribution in [0.4, 0.5) is 21.5 Å². The number of amides is 1. The number of hydrogen-bond donors (Lipinski definition) is 1. The molecule has 0 spiro atoms. The first-order chi connectivity index (χ1) is 9.65. The van der Waals surface area contributed by atoms with E-state index >= 15 is 0 Å². The fraction of sp³-hybridized carbons (Fsp3) is 0.133. The number of fused-ring (bicyclic) bond motifs is 1. The number of nitrogens with one attached hydrogen (secondary N) is 1. The summed E-state index contributed by atoms with van der Waals surface area (Å²) in [6.45, 7) is 0.531. The van der Waals surface area contributed by atoms with Gasteiger partial charge in [0.2, 0.25) is 5.91 Å². The van der Waals surface area contributed by atoms with Crippen LogP contribution >= 0.6 is 22.6 Å². The highest BCUT2D eigenvalue weighted by molar-refractivity contribution is 14.1. The van der Waals surface area contributed by atoms with Crippen molar-refractivity contribution in [3.05, 3.63) is 51.9 Å². The van der Waals surface area contributed by atoms with Gasteiger partial charge in [-0.05, 0) is 40.8 Å². The van der Waals surface area contributed by atoms with Gasteiger partial charge in [0.05, 0.1) is 14.9 Å². The molecule has 1 N–H and O–H groups in total. The first-order valence-corrected chi connectivity index (χ1v) is 7.34. The van der Waals surface area contributed by atoms with Gasteiger partial charge in [-0.3, -0.25) is 4.79 Å². The third-order valence-corrected chi connectivity index (χ3v) is 4.06. The molecule has 20 heavy (non-hydrogen) atoms. The van der Waals surface area contributed by atoms with Crippen molar-refractivity contribution >= 4 is 45.6 Å². The standard InChI is InChI=1S/C15H12FIN2O/c16-11-8-14-13(9-12(11)17)18-15(20)6-7-19(14)10-4-2-1-3-5-10/h1-5,8-9H,6-7H2,(H,18,20). The SMILES string of the molecule is O=C1CCN(c2ccccc2)c2cc(F)c(I)cc2N1. The Hall–Kier alpha value is -1.63. The van der Waals surface area contributed by atoms with Crippen LogP contribution < -0.4 is 10.2 Å². The Morgan fingerprint density at radius 3 is 2.70 bits per heavy atom. The van der Waals surface area contributed by atoms with Gasteiger partial charge < -0.3 is 10.2 Å². The lowest BCUT2D eigenvalue weighted by molar-refractivity contribution is -0.115. The summed E-state index contributed by atoms with van der Waals surface area (Å²) in [5.74, 6) is -0.325. The number of carbonyl (C=O) groups excluding carboxylic acids is 1. The van der Waals surface area contributed by atoms with Crippen LogP contribution in [-0.2, 0) is 4.79 Å². The van der Waals surface area contributed by atoms with Gasteiger partial charge in [0.1, 0.15) is 5.82 Å². The van der Waals surface area contributed by atoms with Crippen LogP contribution in [0.1, 0.15) is 6.42 Å². The van der Waals surface area contributed by atoms with E-state index in [-0.39, 0.29) is 11.7 Å². The van der Waals surface area contributed by atoms with Crippen molar-refractivity contribution < 1.29 is 9.18 Å². The van der Waals surface area contributed by atoms with Gasteiger partial charge >= 0.3 is 0 Å². The Kier molecular flexibility index (Phi) is 3.60. The lowest BCUT2D eigenvalue weighted by atomic mass is 10.2. The molecule has 0 unspecified atom stereocenters. The maximum absolute atomic E-state index is 13.9. The van der Waals surface area contributed by atoms with Gasteiger partial charge in [-0.2, -0.15) is 0 Å². The molecule has 2 aromatic carbocycles. The number of anilines is 3. The van der Waals surface area contributed by atoms with Crippen LogP contribution in [0.15, 0.2) is 42.5 Å². The van der Waals surface area contributed by atoms with E-state index in [0.29, 0.717) is 27.9 Å². The van der Waals surface area contributed by atoms with Crippen molar-refractivity contribution in [2.45, 2.75) is 6.42 Å². The van der Waals surface area contributed by atoms with Gasteiger partial charge in [0.25, 0.3) is 0 Å². The summed E-state index contributed by atoms with van der Waals surface area (Å²) in [7, 11) is 0. The van der Waals surface area contributed by atoms with E-state index in [1.54, 1.807) is 6.07 Å². The number of benzene rings is 2. The minimum atomic E-state index is -0.276. The third-order valence-electron chi connectivity index (χ3n) is 3.23. The summed E-state index contributed by atoms with van der Waals surface area (Å²) >= 11 is 1.93. The molecule has 102 valence electrons. The molecule has 3 nitrogen and oxygen atoms in total. The predicted molar refractivity (Wildman–Crippen MR) is 85.8 cm³/mol. The molecule has 0 atom stereocenters. The van der Waals surface area contributed by atoms with Gasteiger partial charge in [-0.15, -0.1) is 0 Å². The second-order valence-electron chi connectivity index (χ2n) is 4.57. The molecule has 0 saturated heterocycles. The molecule has 0 bridgehead atoms. The average molecular weight is 382 g/mol. The second kappa shape index (κ2) is 5.40. The van der Waals surface area contributed by atoms with Crippen LogP contribution in [0.25, 0.3) is 0 Å². The summed E-state index contributed by atoms with van der Waals surface area (Å²) in [5, 5.41) is 2.84. The number of halogens is 2. The molecule has 0 aromatic heterocycles. The Labute approximate surface area is 129 Å². The molecule has 0 saturated carbocycles. The lowest BCUT2D eigenvalue weighted by Gasteiger charge is -2.24. The molecule has 1 heterocycles. The van der Waals surface area contributed by atoms with E-state index in [1.807, 2.05) is 57.8 Å².